The first-order valence-electron chi connectivity index (χ1n) is 7.94. The molecule has 0 spiro atoms. The van der Waals surface area contributed by atoms with Crippen LogP contribution < -0.4 is 16.4 Å². The second-order valence-corrected chi connectivity index (χ2v) is 5.61. The van der Waals surface area contributed by atoms with Crippen LogP contribution >= 0.6 is 0 Å². The molecule has 28 heavy (non-hydrogen) atoms. The van der Waals surface area contributed by atoms with Crippen LogP contribution in [0.1, 0.15) is 16.1 Å². The number of aliphatic imine (C=N–C) groups is 1. The number of allylic oxidation sites excluding steroid dienone is 1. The Bertz CT molecular complexity index is 1000. The molecule has 0 saturated carbocycles. The number of anilines is 1. The Morgan fingerprint density at radius 1 is 1.32 bits per heavy atom. The third-order valence-electron chi connectivity index (χ3n) is 3.71. The van der Waals surface area contributed by atoms with E-state index in [-0.39, 0.29) is 35.1 Å². The molecule has 3 rings (SSSR count). The van der Waals surface area contributed by atoms with Crippen molar-refractivity contribution in [2.45, 2.75) is 6.54 Å². The summed E-state index contributed by atoms with van der Waals surface area (Å²) in [7, 11) is 0. The van der Waals surface area contributed by atoms with E-state index < -0.39 is 35.6 Å². The maximum absolute atomic E-state index is 14.1. The van der Waals surface area contributed by atoms with Gasteiger partial charge in [0, 0.05) is 12.4 Å². The van der Waals surface area contributed by atoms with Crippen molar-refractivity contribution in [1.29, 1.82) is 0 Å². The molecule has 0 aliphatic carbocycles. The van der Waals surface area contributed by atoms with Crippen molar-refractivity contribution in [1.82, 2.24) is 15.3 Å². The lowest BCUT2D eigenvalue weighted by atomic mass is 10.1. The van der Waals surface area contributed by atoms with Gasteiger partial charge in [-0.25, -0.2) is 18.7 Å². The molecule has 0 saturated heterocycles. The zero-order chi connectivity index (χ0) is 20.3. The number of nitrogens with zero attached hydrogens (tertiary/aromatic N) is 3. The van der Waals surface area contributed by atoms with Gasteiger partial charge in [0.2, 0.25) is 0 Å². The number of halogens is 2. The molecule has 5 N–H and O–H groups in total. The SMILES string of the molecule is NC=C(C=NCC(=O)O)Nc1nc(-c2c(F)cccc2F)nc2c1C(=O)NC2. The Morgan fingerprint density at radius 2 is 2.04 bits per heavy atom. The van der Waals surface area contributed by atoms with Gasteiger partial charge in [0.25, 0.3) is 5.91 Å². The number of nitrogens with one attached hydrogen (secondary N) is 2. The van der Waals surface area contributed by atoms with Gasteiger partial charge in [-0.15, -0.1) is 0 Å². The van der Waals surface area contributed by atoms with E-state index in [2.05, 4.69) is 25.6 Å². The fraction of sp³-hybridized carbons (Fsp3) is 0.118. The van der Waals surface area contributed by atoms with Crippen molar-refractivity contribution >= 4 is 23.9 Å². The minimum atomic E-state index is -1.15. The minimum absolute atomic E-state index is 0.0453. The van der Waals surface area contributed by atoms with Crippen LogP contribution in [-0.2, 0) is 11.3 Å². The highest BCUT2D eigenvalue weighted by Crippen LogP contribution is 2.29. The highest BCUT2D eigenvalue weighted by molar-refractivity contribution is 6.03. The quantitative estimate of drug-likeness (QED) is 0.541. The van der Waals surface area contributed by atoms with Crippen LogP contribution in [0.25, 0.3) is 11.4 Å². The van der Waals surface area contributed by atoms with Crippen LogP contribution in [0.15, 0.2) is 35.1 Å². The lowest BCUT2D eigenvalue weighted by molar-refractivity contribution is -0.135. The van der Waals surface area contributed by atoms with E-state index in [1.165, 1.54) is 6.07 Å². The molecular formula is C17H14F2N6O3. The minimum Gasteiger partial charge on any atom is -0.480 e. The van der Waals surface area contributed by atoms with Gasteiger partial charge in [-0.3, -0.25) is 14.6 Å². The molecular weight excluding hydrogens is 374 g/mol. The third-order valence-corrected chi connectivity index (χ3v) is 3.71. The van der Waals surface area contributed by atoms with Crippen LogP contribution in [0.4, 0.5) is 14.6 Å². The zero-order valence-corrected chi connectivity index (χ0v) is 14.2. The number of carbonyl (C=O) groups excluding carboxylic acids is 1. The zero-order valence-electron chi connectivity index (χ0n) is 14.2. The molecule has 1 aromatic carbocycles. The van der Waals surface area contributed by atoms with E-state index in [1.54, 1.807) is 0 Å². The highest BCUT2D eigenvalue weighted by atomic mass is 19.1. The summed E-state index contributed by atoms with van der Waals surface area (Å²) in [4.78, 5) is 34.5. The molecule has 2 heterocycles. The maximum Gasteiger partial charge on any atom is 0.325 e. The number of hydrogen-bond acceptors (Lipinski definition) is 7. The molecule has 144 valence electrons. The molecule has 0 unspecified atom stereocenters. The summed E-state index contributed by atoms with van der Waals surface area (Å²) in [5, 5.41) is 13.9. The number of rotatable bonds is 6. The van der Waals surface area contributed by atoms with Gasteiger partial charge in [-0.05, 0) is 12.1 Å². The van der Waals surface area contributed by atoms with Gasteiger partial charge in [-0.1, -0.05) is 6.07 Å². The van der Waals surface area contributed by atoms with Crippen LogP contribution in [0, 0.1) is 11.6 Å². The fourth-order valence-electron chi connectivity index (χ4n) is 2.52. The lowest BCUT2D eigenvalue weighted by Crippen LogP contribution is -2.16. The van der Waals surface area contributed by atoms with E-state index in [0.717, 1.165) is 24.5 Å². The smallest absolute Gasteiger partial charge is 0.325 e. The molecule has 1 aromatic heterocycles. The summed E-state index contributed by atoms with van der Waals surface area (Å²) in [5.41, 5.74) is 5.51. The number of carboxylic acids is 1. The van der Waals surface area contributed by atoms with Crippen molar-refractivity contribution in [3.05, 3.63) is 53.0 Å². The number of amides is 1. The van der Waals surface area contributed by atoms with Gasteiger partial charge in [-0.2, -0.15) is 0 Å². The molecule has 0 bridgehead atoms. The monoisotopic (exact) mass is 388 g/mol. The number of fused-ring (bicyclic) bond motifs is 1. The van der Waals surface area contributed by atoms with Crippen molar-refractivity contribution in [3.8, 4) is 11.4 Å². The summed E-state index contributed by atoms with van der Waals surface area (Å²) in [6, 6.07) is 3.34. The standard InChI is InChI=1S/C17H14F2N6O3/c18-9-2-1-3-10(19)13(9)15-24-11-6-22-17(28)14(11)16(25-15)23-8(4-20)5-21-7-12(26)27/h1-5H,6-7,20H2,(H,22,28)(H,26,27)(H,23,24,25). The first-order chi connectivity index (χ1) is 13.4. The van der Waals surface area contributed by atoms with Crippen LogP contribution in [0.3, 0.4) is 0 Å². The molecule has 1 aliphatic heterocycles. The van der Waals surface area contributed by atoms with Crippen LogP contribution in [-0.4, -0.2) is 39.7 Å². The average Bonchev–Trinajstić information content (AvgIpc) is 3.01. The Kier molecular flexibility index (Phi) is 5.25. The van der Waals surface area contributed by atoms with Crippen molar-refractivity contribution in [2.24, 2.45) is 10.7 Å². The van der Waals surface area contributed by atoms with Gasteiger partial charge in [0.1, 0.15) is 29.6 Å². The number of aliphatic carboxylic acids is 1. The summed E-state index contributed by atoms with van der Waals surface area (Å²) >= 11 is 0. The van der Waals surface area contributed by atoms with E-state index >= 15 is 0 Å². The summed E-state index contributed by atoms with van der Waals surface area (Å²) in [6.45, 7) is -0.434. The van der Waals surface area contributed by atoms with E-state index in [4.69, 9.17) is 10.8 Å². The number of benzene rings is 1. The van der Waals surface area contributed by atoms with E-state index in [0.29, 0.717) is 0 Å². The number of carbonyl (C=O) groups is 2. The van der Waals surface area contributed by atoms with E-state index in [1.807, 2.05) is 0 Å². The average molecular weight is 388 g/mol. The molecule has 0 fully saturated rings. The van der Waals surface area contributed by atoms with Gasteiger partial charge in [0.15, 0.2) is 5.82 Å². The second-order valence-electron chi connectivity index (χ2n) is 5.61. The molecule has 0 atom stereocenters. The summed E-state index contributed by atoms with van der Waals surface area (Å²) in [6.07, 6.45) is 2.22. The first kappa shape index (κ1) is 18.9. The third kappa shape index (κ3) is 3.77. The van der Waals surface area contributed by atoms with Gasteiger partial charge in [0.05, 0.1) is 23.5 Å². The first-order valence-corrected chi connectivity index (χ1v) is 7.94. The Hall–Kier alpha value is -3.89. The molecule has 1 amide bonds. The number of hydrogen-bond donors (Lipinski definition) is 4. The summed E-state index contributed by atoms with van der Waals surface area (Å²) < 4.78 is 28.3. The fourth-order valence-corrected chi connectivity index (χ4v) is 2.52. The number of carboxylic acid groups (broad SMARTS) is 1. The van der Waals surface area contributed by atoms with Crippen molar-refractivity contribution < 1.29 is 23.5 Å². The number of nitrogens with two attached hydrogens (primary N) is 1. The van der Waals surface area contributed by atoms with Crippen molar-refractivity contribution in [2.75, 3.05) is 11.9 Å². The molecule has 9 nitrogen and oxygen atoms in total. The predicted molar refractivity (Wildman–Crippen MR) is 95.4 cm³/mol. The second kappa shape index (κ2) is 7.78. The molecule has 1 aliphatic rings. The van der Waals surface area contributed by atoms with Crippen molar-refractivity contribution in [3.63, 3.8) is 0 Å². The Morgan fingerprint density at radius 3 is 2.68 bits per heavy atom. The molecule has 0 radical (unpaired) electrons. The van der Waals surface area contributed by atoms with Gasteiger partial charge < -0.3 is 21.5 Å². The van der Waals surface area contributed by atoms with Gasteiger partial charge >= 0.3 is 5.97 Å². The Labute approximate surface area is 157 Å². The van der Waals surface area contributed by atoms with E-state index in [9.17, 15) is 18.4 Å². The maximum atomic E-state index is 14.1. The Balaban J connectivity index is 2.05. The topological polar surface area (TPSA) is 143 Å². The molecule has 11 heteroatoms. The van der Waals surface area contributed by atoms with Crippen LogP contribution in [0.2, 0.25) is 0 Å². The number of aromatic nitrogens is 2. The van der Waals surface area contributed by atoms with Crippen LogP contribution in [0.5, 0.6) is 0 Å². The molecule has 2 aromatic rings. The largest absolute Gasteiger partial charge is 0.480 e. The highest BCUT2D eigenvalue weighted by Gasteiger charge is 2.28. The summed E-state index contributed by atoms with van der Waals surface area (Å²) in [5.74, 6) is -3.64. The lowest BCUT2D eigenvalue weighted by Gasteiger charge is -2.12. The predicted octanol–water partition coefficient (Wildman–Crippen LogP) is 1.03. The normalized spacial score (nSPS) is 13.5.